The van der Waals surface area contributed by atoms with Crippen LogP contribution in [-0.2, 0) is 12.0 Å². The monoisotopic (exact) mass is 520 g/mol. The zero-order valence-electron chi connectivity index (χ0n) is 22.3. The molecule has 200 valence electrons. The van der Waals surface area contributed by atoms with Crippen LogP contribution in [0.25, 0.3) is 21.7 Å². The van der Waals surface area contributed by atoms with Crippen LogP contribution in [0, 0.1) is 0 Å². The number of likely N-dealkylation sites (tertiary alicyclic amines) is 1. The Morgan fingerprint density at radius 2 is 1.62 bits per heavy atom. The highest BCUT2D eigenvalue weighted by Crippen LogP contribution is 2.35. The first-order valence-electron chi connectivity index (χ1n) is 14.0. The van der Waals surface area contributed by atoms with Gasteiger partial charge >= 0.3 is 0 Å². The fraction of sp³-hybridized carbons (Fsp3) is 0.294. The Morgan fingerprint density at radius 1 is 0.795 bits per heavy atom. The van der Waals surface area contributed by atoms with Gasteiger partial charge < -0.3 is 24.5 Å². The standard InChI is InChI=1S/C34H36N2O3/c37-34(16-20-36(21-17-34)19-5-22-39-33-9-4-8-32-31(33)14-18-35-32)29-12-10-28-25-30(13-11-27(28)24-29)38-23-15-26-6-2-1-3-7-26/h1-4,6-14,18,24-25,35,37H,5,15-17,19-23H2. The minimum Gasteiger partial charge on any atom is -0.493 e. The van der Waals surface area contributed by atoms with E-state index in [1.807, 2.05) is 30.5 Å². The molecular weight excluding hydrogens is 484 g/mol. The summed E-state index contributed by atoms with van der Waals surface area (Å²) in [4.78, 5) is 5.67. The van der Waals surface area contributed by atoms with E-state index in [2.05, 4.69) is 76.6 Å². The van der Waals surface area contributed by atoms with Gasteiger partial charge in [-0.1, -0.05) is 54.6 Å². The molecule has 39 heavy (non-hydrogen) atoms. The summed E-state index contributed by atoms with van der Waals surface area (Å²) >= 11 is 0. The summed E-state index contributed by atoms with van der Waals surface area (Å²) in [5.74, 6) is 1.82. The quantitative estimate of drug-likeness (QED) is 0.201. The second kappa shape index (κ2) is 11.5. The molecule has 6 rings (SSSR count). The molecule has 0 amide bonds. The average Bonchev–Trinajstić information content (AvgIpc) is 3.46. The minimum absolute atomic E-state index is 0.652. The molecule has 0 spiro atoms. The molecule has 1 fully saturated rings. The Kier molecular flexibility index (Phi) is 7.53. The average molecular weight is 521 g/mol. The number of hydrogen-bond donors (Lipinski definition) is 2. The van der Waals surface area contributed by atoms with E-state index in [0.29, 0.717) is 13.2 Å². The Morgan fingerprint density at radius 3 is 2.49 bits per heavy atom. The van der Waals surface area contributed by atoms with Gasteiger partial charge in [0.15, 0.2) is 0 Å². The maximum absolute atomic E-state index is 11.5. The van der Waals surface area contributed by atoms with Gasteiger partial charge in [0.2, 0.25) is 0 Å². The molecule has 0 atom stereocenters. The SMILES string of the molecule is OC1(c2ccc3cc(OCCc4ccccc4)ccc3c2)CCN(CCCOc2cccc3[nH]ccc23)CC1. The van der Waals surface area contributed by atoms with Gasteiger partial charge in [0.05, 0.1) is 18.8 Å². The molecule has 1 aromatic heterocycles. The van der Waals surface area contributed by atoms with Crippen LogP contribution >= 0.6 is 0 Å². The molecule has 4 aromatic carbocycles. The number of rotatable bonds is 10. The Labute approximate surface area is 230 Å². The van der Waals surface area contributed by atoms with Gasteiger partial charge in [-0.15, -0.1) is 0 Å². The summed E-state index contributed by atoms with van der Waals surface area (Å²) in [5.41, 5.74) is 2.61. The fourth-order valence-electron chi connectivity index (χ4n) is 5.62. The van der Waals surface area contributed by atoms with Gasteiger partial charge in [0.25, 0.3) is 0 Å². The normalized spacial score (nSPS) is 15.5. The van der Waals surface area contributed by atoms with Crippen molar-refractivity contribution in [2.24, 2.45) is 0 Å². The van der Waals surface area contributed by atoms with Crippen molar-refractivity contribution in [3.05, 3.63) is 108 Å². The van der Waals surface area contributed by atoms with E-state index in [9.17, 15) is 5.11 Å². The molecule has 0 unspecified atom stereocenters. The smallest absolute Gasteiger partial charge is 0.128 e. The lowest BCUT2D eigenvalue weighted by Gasteiger charge is -2.38. The number of hydrogen-bond acceptors (Lipinski definition) is 4. The van der Waals surface area contributed by atoms with Gasteiger partial charge in [-0.05, 0) is 77.6 Å². The Hall–Kier alpha value is -3.80. The zero-order chi connectivity index (χ0) is 26.5. The summed E-state index contributed by atoms with van der Waals surface area (Å²) in [6.07, 6.45) is 5.28. The Bertz CT molecular complexity index is 1520. The molecule has 1 aliphatic heterocycles. The minimum atomic E-state index is -0.782. The predicted molar refractivity (Wildman–Crippen MR) is 158 cm³/mol. The number of aromatic nitrogens is 1. The summed E-state index contributed by atoms with van der Waals surface area (Å²) in [7, 11) is 0. The highest BCUT2D eigenvalue weighted by Gasteiger charge is 2.33. The third kappa shape index (κ3) is 5.95. The first-order valence-corrected chi connectivity index (χ1v) is 14.0. The van der Waals surface area contributed by atoms with Crippen molar-refractivity contribution in [1.82, 2.24) is 9.88 Å². The third-order valence-corrected chi connectivity index (χ3v) is 7.97. The van der Waals surface area contributed by atoms with E-state index < -0.39 is 5.60 Å². The van der Waals surface area contributed by atoms with E-state index in [-0.39, 0.29) is 0 Å². The van der Waals surface area contributed by atoms with Crippen molar-refractivity contribution in [2.45, 2.75) is 31.3 Å². The molecule has 0 bridgehead atoms. The zero-order valence-corrected chi connectivity index (χ0v) is 22.3. The molecule has 5 nitrogen and oxygen atoms in total. The summed E-state index contributed by atoms with van der Waals surface area (Å²) in [5, 5.41) is 14.9. The second-order valence-corrected chi connectivity index (χ2v) is 10.6. The molecular formula is C34H36N2O3. The van der Waals surface area contributed by atoms with E-state index in [0.717, 1.165) is 84.1 Å². The van der Waals surface area contributed by atoms with Crippen molar-refractivity contribution in [2.75, 3.05) is 32.8 Å². The number of ether oxygens (including phenoxy) is 2. The number of aliphatic hydroxyl groups is 1. The highest BCUT2D eigenvalue weighted by molar-refractivity contribution is 5.86. The van der Waals surface area contributed by atoms with Crippen LogP contribution in [0.2, 0.25) is 0 Å². The number of fused-ring (bicyclic) bond motifs is 2. The summed E-state index contributed by atoms with van der Waals surface area (Å²) in [6, 6.07) is 31.1. The number of H-pyrrole nitrogens is 1. The highest BCUT2D eigenvalue weighted by atomic mass is 16.5. The van der Waals surface area contributed by atoms with Crippen LogP contribution in [0.3, 0.4) is 0 Å². The number of benzene rings is 4. The molecule has 0 radical (unpaired) electrons. The maximum Gasteiger partial charge on any atom is 0.128 e. The molecule has 0 saturated carbocycles. The first-order chi connectivity index (χ1) is 19.2. The van der Waals surface area contributed by atoms with Crippen molar-refractivity contribution in [3.8, 4) is 11.5 Å². The van der Waals surface area contributed by atoms with Crippen molar-refractivity contribution < 1.29 is 14.6 Å². The van der Waals surface area contributed by atoms with Crippen LogP contribution in [0.1, 0.15) is 30.4 Å². The van der Waals surface area contributed by atoms with Crippen molar-refractivity contribution in [1.29, 1.82) is 0 Å². The van der Waals surface area contributed by atoms with E-state index in [1.165, 1.54) is 5.56 Å². The first kappa shape index (κ1) is 25.5. The van der Waals surface area contributed by atoms with Gasteiger partial charge in [0.1, 0.15) is 11.5 Å². The molecule has 1 saturated heterocycles. The van der Waals surface area contributed by atoms with Crippen molar-refractivity contribution in [3.63, 3.8) is 0 Å². The van der Waals surface area contributed by atoms with Gasteiger partial charge in [-0.2, -0.15) is 0 Å². The molecule has 1 aliphatic rings. The fourth-order valence-corrected chi connectivity index (χ4v) is 5.62. The van der Waals surface area contributed by atoms with E-state index in [1.54, 1.807) is 0 Å². The number of piperidine rings is 1. The predicted octanol–water partition coefficient (Wildman–Crippen LogP) is 6.70. The molecule has 5 aromatic rings. The van der Waals surface area contributed by atoms with Crippen LogP contribution in [0.15, 0.2) is 97.2 Å². The van der Waals surface area contributed by atoms with Crippen LogP contribution < -0.4 is 9.47 Å². The topological polar surface area (TPSA) is 57.7 Å². The number of nitrogens with zero attached hydrogens (tertiary/aromatic N) is 1. The molecule has 2 N–H and O–H groups in total. The lowest BCUT2D eigenvalue weighted by Crippen LogP contribution is -2.43. The largest absolute Gasteiger partial charge is 0.493 e. The van der Waals surface area contributed by atoms with E-state index >= 15 is 0 Å². The second-order valence-electron chi connectivity index (χ2n) is 10.6. The number of nitrogens with one attached hydrogen (secondary N) is 1. The Balaban J connectivity index is 0.990. The van der Waals surface area contributed by atoms with Crippen molar-refractivity contribution >= 4 is 21.7 Å². The van der Waals surface area contributed by atoms with Gasteiger partial charge in [0, 0.05) is 43.2 Å². The lowest BCUT2D eigenvalue weighted by atomic mass is 9.83. The third-order valence-electron chi connectivity index (χ3n) is 7.97. The maximum atomic E-state index is 11.5. The molecule has 2 heterocycles. The van der Waals surface area contributed by atoms with Crippen LogP contribution in [0.5, 0.6) is 11.5 Å². The molecule has 0 aliphatic carbocycles. The van der Waals surface area contributed by atoms with Gasteiger partial charge in [-0.25, -0.2) is 0 Å². The van der Waals surface area contributed by atoms with E-state index in [4.69, 9.17) is 9.47 Å². The summed E-state index contributed by atoms with van der Waals surface area (Å²) < 4.78 is 12.1. The number of aromatic amines is 1. The molecule has 5 heteroatoms. The lowest BCUT2D eigenvalue weighted by molar-refractivity contribution is -0.0263. The van der Waals surface area contributed by atoms with Gasteiger partial charge in [-0.3, -0.25) is 0 Å². The van der Waals surface area contributed by atoms with Crippen LogP contribution in [-0.4, -0.2) is 47.8 Å². The summed E-state index contributed by atoms with van der Waals surface area (Å²) in [6.45, 7) is 4.09. The van der Waals surface area contributed by atoms with Crippen LogP contribution in [0.4, 0.5) is 0 Å².